The second-order valence-corrected chi connectivity index (χ2v) is 6.32. The Labute approximate surface area is 129 Å². The minimum Gasteiger partial charge on any atom is -0.354 e. The average Bonchev–Trinajstić information content (AvgIpc) is 3.04. The van der Waals surface area contributed by atoms with Crippen molar-refractivity contribution < 1.29 is 0 Å². The number of thiophene rings is 1. The molecule has 0 aromatic carbocycles. The lowest BCUT2D eigenvalue weighted by atomic mass is 10.3. The molecule has 0 aliphatic rings. The summed E-state index contributed by atoms with van der Waals surface area (Å²) in [4.78, 5) is 11.5. The van der Waals surface area contributed by atoms with Crippen molar-refractivity contribution in [3.8, 4) is 5.82 Å². The summed E-state index contributed by atoms with van der Waals surface area (Å²) in [5, 5.41) is 8.55. The van der Waals surface area contributed by atoms with Crippen molar-refractivity contribution >= 4 is 43.4 Å². The van der Waals surface area contributed by atoms with Gasteiger partial charge in [-0.3, -0.25) is 0 Å². The van der Waals surface area contributed by atoms with Gasteiger partial charge in [0.25, 0.3) is 0 Å². The van der Waals surface area contributed by atoms with Crippen LogP contribution in [0.2, 0.25) is 0 Å². The summed E-state index contributed by atoms with van der Waals surface area (Å²) in [5.41, 5.74) is 0. The molecule has 3 aromatic heterocycles. The molecule has 3 aromatic rings. The third-order valence-electron chi connectivity index (χ3n) is 2.88. The highest BCUT2D eigenvalue weighted by atomic mass is 79.9. The van der Waals surface area contributed by atoms with Crippen LogP contribution in [0.3, 0.4) is 0 Å². The van der Waals surface area contributed by atoms with Crippen molar-refractivity contribution in [1.29, 1.82) is 0 Å². The van der Waals surface area contributed by atoms with Crippen LogP contribution >= 0.6 is 27.3 Å². The maximum Gasteiger partial charge on any atom is 0.226 e. The third-order valence-corrected chi connectivity index (χ3v) is 4.46. The predicted octanol–water partition coefficient (Wildman–Crippen LogP) is 3.63. The van der Waals surface area contributed by atoms with E-state index in [9.17, 15) is 0 Å². The van der Waals surface area contributed by atoms with Crippen LogP contribution in [-0.4, -0.2) is 26.3 Å². The molecule has 0 radical (unpaired) electrons. The van der Waals surface area contributed by atoms with E-state index >= 15 is 0 Å². The van der Waals surface area contributed by atoms with Crippen molar-refractivity contribution in [2.75, 3.05) is 11.9 Å². The molecule has 0 atom stereocenters. The topological polar surface area (TPSA) is 55.6 Å². The molecule has 0 amide bonds. The highest BCUT2D eigenvalue weighted by Gasteiger charge is 2.13. The first-order valence-corrected chi connectivity index (χ1v) is 8.07. The van der Waals surface area contributed by atoms with Gasteiger partial charge in [0.1, 0.15) is 4.83 Å². The fourth-order valence-corrected chi connectivity index (χ4v) is 3.21. The van der Waals surface area contributed by atoms with Crippen LogP contribution in [0, 0.1) is 0 Å². The molecule has 3 heterocycles. The van der Waals surface area contributed by atoms with Crippen molar-refractivity contribution in [3.63, 3.8) is 0 Å². The van der Waals surface area contributed by atoms with E-state index in [-0.39, 0.29) is 0 Å². The Hall–Kier alpha value is -1.47. The van der Waals surface area contributed by atoms with E-state index < -0.39 is 0 Å². The summed E-state index contributed by atoms with van der Waals surface area (Å²) in [7, 11) is 0. The minimum atomic E-state index is 0.645. The molecule has 7 heteroatoms. The fourth-order valence-electron chi connectivity index (χ4n) is 1.96. The first-order valence-electron chi connectivity index (χ1n) is 6.46. The molecule has 3 rings (SSSR count). The predicted molar refractivity (Wildman–Crippen MR) is 85.8 cm³/mol. The van der Waals surface area contributed by atoms with Crippen molar-refractivity contribution in [1.82, 2.24) is 19.7 Å². The van der Waals surface area contributed by atoms with Crippen LogP contribution in [0.5, 0.6) is 0 Å². The zero-order valence-electron chi connectivity index (χ0n) is 11.2. The summed E-state index contributed by atoms with van der Waals surface area (Å²) < 4.78 is 2.71. The van der Waals surface area contributed by atoms with Gasteiger partial charge < -0.3 is 5.32 Å². The van der Waals surface area contributed by atoms with Gasteiger partial charge in [0.2, 0.25) is 5.95 Å². The molecule has 0 fully saturated rings. The summed E-state index contributed by atoms with van der Waals surface area (Å²) in [6, 6.07) is 2.15. The molecule has 1 N–H and O–H groups in total. The monoisotopic (exact) mass is 351 g/mol. The van der Waals surface area contributed by atoms with Crippen LogP contribution in [0.1, 0.15) is 18.7 Å². The molecule has 0 unspecified atom stereocenters. The summed E-state index contributed by atoms with van der Waals surface area (Å²) in [6.07, 6.45) is 4.66. The molecular formula is C13H14BrN5S. The first-order chi connectivity index (χ1) is 9.71. The molecule has 5 nitrogen and oxygen atoms in total. The quantitative estimate of drug-likeness (QED) is 0.779. The number of anilines is 1. The molecule has 0 spiro atoms. The minimum absolute atomic E-state index is 0.645. The molecule has 0 aliphatic heterocycles. The maximum absolute atomic E-state index is 4.59. The highest BCUT2D eigenvalue weighted by molar-refractivity contribution is 9.10. The van der Waals surface area contributed by atoms with Gasteiger partial charge in [0, 0.05) is 17.6 Å². The Kier molecular flexibility index (Phi) is 3.71. The van der Waals surface area contributed by atoms with E-state index in [0.29, 0.717) is 5.95 Å². The van der Waals surface area contributed by atoms with Gasteiger partial charge in [0.05, 0.1) is 16.1 Å². The lowest BCUT2D eigenvalue weighted by molar-refractivity contribution is 0.851. The fraction of sp³-hybridized carbons (Fsp3) is 0.308. The largest absolute Gasteiger partial charge is 0.354 e. The van der Waals surface area contributed by atoms with Crippen molar-refractivity contribution in [2.24, 2.45) is 0 Å². The molecule has 20 heavy (non-hydrogen) atoms. The Bertz CT molecular complexity index is 748. The van der Waals surface area contributed by atoms with E-state index in [0.717, 1.165) is 33.5 Å². The number of hydrogen-bond donors (Lipinski definition) is 1. The van der Waals surface area contributed by atoms with Gasteiger partial charge >= 0.3 is 0 Å². The number of aryl methyl sites for hydroxylation is 1. The molecule has 0 saturated heterocycles. The average molecular weight is 352 g/mol. The van der Waals surface area contributed by atoms with Crippen molar-refractivity contribution in [3.05, 3.63) is 27.8 Å². The highest BCUT2D eigenvalue weighted by Crippen LogP contribution is 2.29. The second-order valence-electron chi connectivity index (χ2n) is 4.29. The normalized spacial score (nSPS) is 11.2. The number of halogens is 1. The summed E-state index contributed by atoms with van der Waals surface area (Å²) >= 11 is 5.13. The molecular weight excluding hydrogens is 338 g/mol. The summed E-state index contributed by atoms with van der Waals surface area (Å²) in [5.74, 6) is 1.46. The number of nitrogens with one attached hydrogen (secondary N) is 1. The molecule has 0 saturated carbocycles. The van der Waals surface area contributed by atoms with Gasteiger partial charge in [-0.1, -0.05) is 6.92 Å². The number of rotatable bonds is 4. The Morgan fingerprint density at radius 3 is 2.85 bits per heavy atom. The Morgan fingerprint density at radius 1 is 1.35 bits per heavy atom. The molecule has 0 aliphatic carbocycles. The number of fused-ring (bicyclic) bond motifs is 1. The van der Waals surface area contributed by atoms with Gasteiger partial charge in [-0.25, -0.2) is 9.67 Å². The van der Waals surface area contributed by atoms with E-state index in [2.05, 4.69) is 49.3 Å². The smallest absolute Gasteiger partial charge is 0.226 e. The van der Waals surface area contributed by atoms with E-state index in [1.165, 1.54) is 4.88 Å². The number of aromatic nitrogens is 4. The number of hydrogen-bond acceptors (Lipinski definition) is 5. The van der Waals surface area contributed by atoms with Crippen LogP contribution in [0.15, 0.2) is 22.9 Å². The van der Waals surface area contributed by atoms with Crippen LogP contribution < -0.4 is 5.32 Å². The first kappa shape index (κ1) is 13.5. The zero-order valence-corrected chi connectivity index (χ0v) is 13.6. The van der Waals surface area contributed by atoms with Gasteiger partial charge in [0.15, 0.2) is 5.82 Å². The Morgan fingerprint density at radius 2 is 2.20 bits per heavy atom. The Balaban J connectivity index is 2.23. The van der Waals surface area contributed by atoms with E-state index in [1.807, 2.05) is 13.1 Å². The number of nitrogens with zero attached hydrogens (tertiary/aromatic N) is 4. The van der Waals surface area contributed by atoms with Gasteiger partial charge in [-0.2, -0.15) is 10.1 Å². The molecule has 0 bridgehead atoms. The lowest BCUT2D eigenvalue weighted by Gasteiger charge is -2.06. The third kappa shape index (κ3) is 2.43. The molecule has 104 valence electrons. The van der Waals surface area contributed by atoms with Gasteiger partial charge in [-0.05, 0) is 35.3 Å². The maximum atomic E-state index is 4.59. The van der Waals surface area contributed by atoms with Crippen LogP contribution in [0.25, 0.3) is 16.0 Å². The lowest BCUT2D eigenvalue weighted by Crippen LogP contribution is -2.06. The van der Waals surface area contributed by atoms with Crippen LogP contribution in [-0.2, 0) is 6.42 Å². The second kappa shape index (κ2) is 5.49. The SMILES string of the molecule is CCNc1nc(-n2cc(Br)cn2)c2cc(CC)sc2n1. The summed E-state index contributed by atoms with van der Waals surface area (Å²) in [6.45, 7) is 4.97. The van der Waals surface area contributed by atoms with E-state index in [1.54, 1.807) is 22.2 Å². The standard InChI is InChI=1S/C13H14BrN5S/c1-3-9-5-10-11(19-7-8(14)6-16-19)17-13(15-4-2)18-12(10)20-9/h5-7H,3-4H2,1-2H3,(H,15,17,18). The van der Waals surface area contributed by atoms with Crippen LogP contribution in [0.4, 0.5) is 5.95 Å². The zero-order chi connectivity index (χ0) is 14.1. The van der Waals surface area contributed by atoms with E-state index in [4.69, 9.17) is 0 Å². The van der Waals surface area contributed by atoms with Crippen molar-refractivity contribution in [2.45, 2.75) is 20.3 Å². The van der Waals surface area contributed by atoms with Gasteiger partial charge in [-0.15, -0.1) is 11.3 Å².